The highest BCUT2D eigenvalue weighted by molar-refractivity contribution is 5.33. The van der Waals surface area contributed by atoms with Crippen molar-refractivity contribution in [1.29, 1.82) is 0 Å². The molecule has 0 aromatic carbocycles. The molecule has 1 heteroatoms. The van der Waals surface area contributed by atoms with E-state index in [0.717, 1.165) is 0 Å². The highest BCUT2D eigenvalue weighted by Gasteiger charge is 2.29. The number of aryl methyl sites for hydroxylation is 1. The molecule has 1 aromatic rings. The molecule has 1 aromatic heterocycles. The first-order valence-electron chi connectivity index (χ1n) is 3.87. The minimum atomic E-state index is 0.426. The molecule has 0 fully saturated rings. The third kappa shape index (κ3) is 0.634. The summed E-state index contributed by atoms with van der Waals surface area (Å²) in [6.07, 6.45) is 4.58. The zero-order valence-electron chi connectivity index (χ0n) is 6.57. The number of aromatic amines is 1. The minimum absolute atomic E-state index is 0.426. The summed E-state index contributed by atoms with van der Waals surface area (Å²) >= 11 is 0. The summed E-state index contributed by atoms with van der Waals surface area (Å²) in [5, 5.41) is 0. The van der Waals surface area contributed by atoms with Crippen molar-refractivity contribution < 1.29 is 0 Å². The maximum atomic E-state index is 3.27. The van der Waals surface area contributed by atoms with E-state index in [1.807, 2.05) is 6.20 Å². The summed E-state index contributed by atoms with van der Waals surface area (Å²) in [5.41, 5.74) is 3.40. The lowest BCUT2D eigenvalue weighted by Gasteiger charge is -2.16. The molecular weight excluding hydrogens is 122 g/mol. The van der Waals surface area contributed by atoms with Crippen molar-refractivity contribution >= 4 is 0 Å². The molecule has 0 radical (unpaired) electrons. The van der Waals surface area contributed by atoms with Gasteiger partial charge in [0.05, 0.1) is 0 Å². The summed E-state index contributed by atoms with van der Waals surface area (Å²) < 4.78 is 0. The lowest BCUT2D eigenvalue weighted by molar-refractivity contribution is 0.521. The van der Waals surface area contributed by atoms with E-state index in [4.69, 9.17) is 0 Å². The van der Waals surface area contributed by atoms with Crippen molar-refractivity contribution in [3.8, 4) is 0 Å². The number of hydrogen-bond acceptors (Lipinski definition) is 0. The molecule has 1 aliphatic carbocycles. The Labute approximate surface area is 61.5 Å². The van der Waals surface area contributed by atoms with E-state index >= 15 is 0 Å². The molecule has 1 nitrogen and oxygen atoms in total. The third-order valence-electron chi connectivity index (χ3n) is 2.56. The second kappa shape index (κ2) is 1.66. The molecule has 0 spiro atoms. The fraction of sp³-hybridized carbons (Fsp3) is 0.556. The SMILES string of the molecule is CC1(C)CCc2[nH]ccc21. The molecule has 10 heavy (non-hydrogen) atoms. The Balaban J connectivity index is 2.54. The summed E-state index contributed by atoms with van der Waals surface area (Å²) in [7, 11) is 0. The lowest BCUT2D eigenvalue weighted by atomic mass is 9.88. The highest BCUT2D eigenvalue weighted by Crippen LogP contribution is 2.37. The van der Waals surface area contributed by atoms with Gasteiger partial charge in [-0.25, -0.2) is 0 Å². The first-order valence-corrected chi connectivity index (χ1v) is 3.87. The van der Waals surface area contributed by atoms with Crippen molar-refractivity contribution in [3.05, 3.63) is 23.5 Å². The minimum Gasteiger partial charge on any atom is -0.365 e. The normalized spacial score (nSPS) is 21.0. The Bertz CT molecular complexity index is 245. The van der Waals surface area contributed by atoms with E-state index in [1.165, 1.54) is 24.1 Å². The van der Waals surface area contributed by atoms with Crippen LogP contribution < -0.4 is 0 Å². The van der Waals surface area contributed by atoms with Crippen molar-refractivity contribution in [2.75, 3.05) is 0 Å². The van der Waals surface area contributed by atoms with Crippen LogP contribution in [0, 0.1) is 0 Å². The number of H-pyrrole nitrogens is 1. The van der Waals surface area contributed by atoms with Gasteiger partial charge in [0.25, 0.3) is 0 Å². The lowest BCUT2D eigenvalue weighted by Crippen LogP contribution is -2.10. The quantitative estimate of drug-likeness (QED) is 0.561. The molecule has 0 bridgehead atoms. The van der Waals surface area contributed by atoms with E-state index in [2.05, 4.69) is 24.9 Å². The number of nitrogens with one attached hydrogen (secondary N) is 1. The third-order valence-corrected chi connectivity index (χ3v) is 2.56. The van der Waals surface area contributed by atoms with Gasteiger partial charge in [0, 0.05) is 11.9 Å². The van der Waals surface area contributed by atoms with Crippen molar-refractivity contribution in [2.24, 2.45) is 0 Å². The Kier molecular flexibility index (Phi) is 0.997. The first kappa shape index (κ1) is 6.02. The predicted molar refractivity (Wildman–Crippen MR) is 42.1 cm³/mol. The van der Waals surface area contributed by atoms with Crippen molar-refractivity contribution in [2.45, 2.75) is 32.1 Å². The van der Waals surface area contributed by atoms with Crippen molar-refractivity contribution in [3.63, 3.8) is 0 Å². The predicted octanol–water partition coefficient (Wildman–Crippen LogP) is 2.24. The zero-order valence-corrected chi connectivity index (χ0v) is 6.57. The molecule has 0 unspecified atom stereocenters. The Morgan fingerprint density at radius 2 is 2.30 bits per heavy atom. The standard InChI is InChI=1S/C9H13N/c1-9(2)5-3-8-7(9)4-6-10-8/h4,6,10H,3,5H2,1-2H3. The number of aromatic nitrogens is 1. The van der Waals surface area contributed by atoms with Crippen LogP contribution in [0.5, 0.6) is 0 Å². The van der Waals surface area contributed by atoms with Crippen LogP contribution in [0.4, 0.5) is 0 Å². The average Bonchev–Trinajstić information content (AvgIpc) is 2.36. The van der Waals surface area contributed by atoms with Crippen LogP contribution in [-0.2, 0) is 11.8 Å². The summed E-state index contributed by atoms with van der Waals surface area (Å²) in [5.74, 6) is 0. The van der Waals surface area contributed by atoms with E-state index < -0.39 is 0 Å². The van der Waals surface area contributed by atoms with Crippen LogP contribution >= 0.6 is 0 Å². The van der Waals surface area contributed by atoms with Gasteiger partial charge >= 0.3 is 0 Å². The Morgan fingerprint density at radius 1 is 1.50 bits per heavy atom. The molecule has 0 saturated heterocycles. The Morgan fingerprint density at radius 3 is 3.00 bits per heavy atom. The van der Waals surface area contributed by atoms with Crippen LogP contribution in [0.1, 0.15) is 31.5 Å². The van der Waals surface area contributed by atoms with Crippen molar-refractivity contribution in [1.82, 2.24) is 4.98 Å². The van der Waals surface area contributed by atoms with Crippen LogP contribution in [0.25, 0.3) is 0 Å². The smallest absolute Gasteiger partial charge is 0.0185 e. The van der Waals surface area contributed by atoms with Gasteiger partial charge in [-0.15, -0.1) is 0 Å². The molecule has 1 N–H and O–H groups in total. The highest BCUT2D eigenvalue weighted by atomic mass is 14.7. The molecule has 0 amide bonds. The molecule has 1 aliphatic rings. The fourth-order valence-corrected chi connectivity index (χ4v) is 1.82. The van der Waals surface area contributed by atoms with Gasteiger partial charge in [-0.05, 0) is 29.9 Å². The van der Waals surface area contributed by atoms with Crippen LogP contribution in [0.3, 0.4) is 0 Å². The van der Waals surface area contributed by atoms with Gasteiger partial charge < -0.3 is 4.98 Å². The number of rotatable bonds is 0. The summed E-state index contributed by atoms with van der Waals surface area (Å²) in [6, 6.07) is 2.21. The van der Waals surface area contributed by atoms with Gasteiger partial charge in [0.15, 0.2) is 0 Å². The maximum absolute atomic E-state index is 3.27. The number of fused-ring (bicyclic) bond motifs is 1. The fourth-order valence-electron chi connectivity index (χ4n) is 1.82. The van der Waals surface area contributed by atoms with E-state index in [9.17, 15) is 0 Å². The average molecular weight is 135 g/mol. The first-order chi connectivity index (χ1) is 4.70. The topological polar surface area (TPSA) is 15.8 Å². The molecule has 0 aliphatic heterocycles. The maximum Gasteiger partial charge on any atom is 0.0185 e. The molecule has 54 valence electrons. The summed E-state index contributed by atoms with van der Waals surface area (Å²) in [4.78, 5) is 3.27. The van der Waals surface area contributed by atoms with Gasteiger partial charge in [-0.3, -0.25) is 0 Å². The van der Waals surface area contributed by atoms with Crippen LogP contribution in [0.2, 0.25) is 0 Å². The second-order valence-corrected chi connectivity index (χ2v) is 3.75. The van der Waals surface area contributed by atoms with Crippen LogP contribution in [0.15, 0.2) is 12.3 Å². The number of hydrogen-bond donors (Lipinski definition) is 1. The molecule has 0 saturated carbocycles. The molecule has 0 atom stereocenters. The largest absolute Gasteiger partial charge is 0.365 e. The van der Waals surface area contributed by atoms with E-state index in [1.54, 1.807) is 0 Å². The van der Waals surface area contributed by atoms with Gasteiger partial charge in [0.1, 0.15) is 0 Å². The van der Waals surface area contributed by atoms with E-state index in [0.29, 0.717) is 5.41 Å². The monoisotopic (exact) mass is 135 g/mol. The van der Waals surface area contributed by atoms with Gasteiger partial charge in [0.2, 0.25) is 0 Å². The second-order valence-electron chi connectivity index (χ2n) is 3.75. The van der Waals surface area contributed by atoms with Crippen LogP contribution in [-0.4, -0.2) is 4.98 Å². The molecule has 1 heterocycles. The van der Waals surface area contributed by atoms with Gasteiger partial charge in [-0.1, -0.05) is 13.8 Å². The Hall–Kier alpha value is -0.720. The molecular formula is C9H13N. The van der Waals surface area contributed by atoms with E-state index in [-0.39, 0.29) is 0 Å². The molecule has 2 rings (SSSR count). The zero-order chi connectivity index (χ0) is 7.19. The van der Waals surface area contributed by atoms with Gasteiger partial charge in [-0.2, -0.15) is 0 Å². The summed E-state index contributed by atoms with van der Waals surface area (Å²) in [6.45, 7) is 4.62.